The zero-order valence-electron chi connectivity index (χ0n) is 19.7. The zero-order valence-corrected chi connectivity index (χ0v) is 19.7. The van der Waals surface area contributed by atoms with E-state index in [2.05, 4.69) is 14.8 Å². The van der Waals surface area contributed by atoms with Crippen molar-refractivity contribution in [2.45, 2.75) is 25.2 Å². The van der Waals surface area contributed by atoms with Crippen molar-refractivity contribution in [1.29, 1.82) is 0 Å². The molecule has 182 valence electrons. The van der Waals surface area contributed by atoms with E-state index in [1.165, 1.54) is 7.11 Å². The van der Waals surface area contributed by atoms with Gasteiger partial charge in [-0.15, -0.1) is 0 Å². The first-order valence-corrected chi connectivity index (χ1v) is 11.0. The Morgan fingerprint density at radius 1 is 1.03 bits per heavy atom. The summed E-state index contributed by atoms with van der Waals surface area (Å²) in [6.45, 7) is 2.98. The molecule has 0 saturated heterocycles. The summed E-state index contributed by atoms with van der Waals surface area (Å²) in [6, 6.07) is 17.3. The van der Waals surface area contributed by atoms with Crippen molar-refractivity contribution in [3.05, 3.63) is 93.4 Å². The second-order valence-corrected chi connectivity index (χ2v) is 8.64. The Hall–Kier alpha value is -4.69. The number of esters is 2. The lowest BCUT2D eigenvalue weighted by atomic mass is 9.77. The number of hydrogen-bond acceptors (Lipinski definition) is 8. The third kappa shape index (κ3) is 3.73. The molecular formula is C26H21N3O7. The number of methoxy groups -OCH3 is 1. The molecule has 0 aromatic heterocycles. The van der Waals surface area contributed by atoms with Crippen molar-refractivity contribution in [3.63, 3.8) is 0 Å². The third-order valence-electron chi connectivity index (χ3n) is 5.89. The van der Waals surface area contributed by atoms with Gasteiger partial charge in [-0.2, -0.15) is 0 Å². The smallest absolute Gasteiger partial charge is 0.343 e. The fourth-order valence-corrected chi connectivity index (χ4v) is 4.41. The lowest BCUT2D eigenvalue weighted by Gasteiger charge is -2.37. The van der Waals surface area contributed by atoms with Crippen LogP contribution in [0.25, 0.3) is 10.4 Å². The summed E-state index contributed by atoms with van der Waals surface area (Å²) in [5.41, 5.74) is 8.74. The van der Waals surface area contributed by atoms with Gasteiger partial charge in [-0.05, 0) is 54.8 Å². The summed E-state index contributed by atoms with van der Waals surface area (Å²) in [4.78, 5) is 27.3. The SMILES string of the molecule is COC(=O)COc1ccc2c(c1)Oc1cc(OC(C)(C)N=[N+]=[N-])ccc1C21OC(=O)c2ccccc21. The Labute approximate surface area is 205 Å². The molecule has 0 amide bonds. The maximum absolute atomic E-state index is 13.0. The summed E-state index contributed by atoms with van der Waals surface area (Å²) in [7, 11) is 1.27. The van der Waals surface area contributed by atoms with Crippen molar-refractivity contribution >= 4 is 11.9 Å². The number of rotatable bonds is 6. The average Bonchev–Trinajstić information content (AvgIpc) is 3.15. The number of hydrogen-bond donors (Lipinski definition) is 0. The van der Waals surface area contributed by atoms with Gasteiger partial charge in [0.2, 0.25) is 0 Å². The summed E-state index contributed by atoms with van der Waals surface area (Å²) >= 11 is 0. The largest absolute Gasteiger partial charge is 0.482 e. The Morgan fingerprint density at radius 2 is 1.69 bits per heavy atom. The van der Waals surface area contributed by atoms with Crippen LogP contribution in [0.5, 0.6) is 23.0 Å². The number of ether oxygens (including phenoxy) is 5. The lowest BCUT2D eigenvalue weighted by molar-refractivity contribution is -0.142. The summed E-state index contributed by atoms with van der Waals surface area (Å²) in [5.74, 6) is 0.527. The quantitative estimate of drug-likeness (QED) is 0.201. The molecule has 1 unspecified atom stereocenters. The first-order valence-electron chi connectivity index (χ1n) is 11.0. The molecule has 10 nitrogen and oxygen atoms in total. The van der Waals surface area contributed by atoms with Gasteiger partial charge in [0.15, 0.2) is 17.9 Å². The van der Waals surface area contributed by atoms with E-state index in [-0.39, 0.29) is 6.61 Å². The monoisotopic (exact) mass is 487 g/mol. The molecule has 10 heteroatoms. The minimum atomic E-state index is -1.27. The number of fused-ring (bicyclic) bond motifs is 6. The molecule has 1 atom stereocenters. The number of nitrogens with zero attached hydrogens (tertiary/aromatic N) is 3. The predicted molar refractivity (Wildman–Crippen MR) is 126 cm³/mol. The second kappa shape index (κ2) is 8.51. The van der Waals surface area contributed by atoms with Crippen LogP contribution in [-0.2, 0) is 19.9 Å². The zero-order chi connectivity index (χ0) is 25.5. The van der Waals surface area contributed by atoms with Gasteiger partial charge in [0.05, 0.1) is 12.7 Å². The van der Waals surface area contributed by atoms with Crippen molar-refractivity contribution < 1.29 is 33.3 Å². The molecule has 0 radical (unpaired) electrons. The standard InChI is InChI=1S/C26H21N3O7/c1-25(2,28-29-27)35-16-9-11-20-22(13-16)34-21-12-15(33-14-23(30)32-3)8-10-19(21)26(20)18-7-5-4-6-17(18)24(31)36-26/h4-13H,14H2,1-3H3. The van der Waals surface area contributed by atoms with Gasteiger partial charge in [-0.25, -0.2) is 9.59 Å². The van der Waals surface area contributed by atoms with E-state index in [9.17, 15) is 9.59 Å². The Balaban J connectivity index is 1.65. The molecule has 0 saturated carbocycles. The van der Waals surface area contributed by atoms with Crippen LogP contribution in [0.1, 0.15) is 40.9 Å². The van der Waals surface area contributed by atoms with E-state index < -0.39 is 23.3 Å². The van der Waals surface area contributed by atoms with Crippen LogP contribution in [0.4, 0.5) is 0 Å². The minimum Gasteiger partial charge on any atom is -0.482 e. The highest BCUT2D eigenvalue weighted by molar-refractivity contribution is 5.97. The van der Waals surface area contributed by atoms with E-state index in [4.69, 9.17) is 24.5 Å². The van der Waals surface area contributed by atoms with Gasteiger partial charge in [0.25, 0.3) is 0 Å². The molecule has 36 heavy (non-hydrogen) atoms. The molecule has 0 fully saturated rings. The number of carbonyl (C=O) groups is 2. The van der Waals surface area contributed by atoms with Gasteiger partial charge in [0, 0.05) is 33.7 Å². The summed E-state index contributed by atoms with van der Waals surface area (Å²) in [6.07, 6.45) is 0. The van der Waals surface area contributed by atoms with Crippen molar-refractivity contribution in [2.24, 2.45) is 5.11 Å². The van der Waals surface area contributed by atoms with E-state index in [1.54, 1.807) is 62.4 Å². The van der Waals surface area contributed by atoms with Crippen LogP contribution in [-0.4, -0.2) is 31.4 Å². The maximum Gasteiger partial charge on any atom is 0.343 e. The van der Waals surface area contributed by atoms with Crippen LogP contribution in [0.3, 0.4) is 0 Å². The van der Waals surface area contributed by atoms with Gasteiger partial charge in [0.1, 0.15) is 23.0 Å². The molecule has 1 spiro atoms. The summed E-state index contributed by atoms with van der Waals surface area (Å²) < 4.78 is 28.4. The molecule has 3 aromatic carbocycles. The van der Waals surface area contributed by atoms with Gasteiger partial charge < -0.3 is 23.7 Å². The number of benzene rings is 3. The Morgan fingerprint density at radius 3 is 2.39 bits per heavy atom. The predicted octanol–water partition coefficient (Wildman–Crippen LogP) is 5.23. The minimum absolute atomic E-state index is 0.276. The third-order valence-corrected chi connectivity index (χ3v) is 5.89. The van der Waals surface area contributed by atoms with Crippen molar-refractivity contribution in [3.8, 4) is 23.0 Å². The molecule has 3 aromatic rings. The van der Waals surface area contributed by atoms with Crippen molar-refractivity contribution in [2.75, 3.05) is 13.7 Å². The molecular weight excluding hydrogens is 466 g/mol. The first kappa shape index (κ1) is 23.1. The molecule has 0 N–H and O–H groups in total. The van der Waals surface area contributed by atoms with E-state index in [1.807, 2.05) is 12.1 Å². The topological polar surface area (TPSA) is 129 Å². The van der Waals surface area contributed by atoms with Crippen LogP contribution in [0.2, 0.25) is 0 Å². The summed E-state index contributed by atoms with van der Waals surface area (Å²) in [5, 5.41) is 3.66. The highest BCUT2D eigenvalue weighted by Crippen LogP contribution is 2.57. The molecule has 5 rings (SSSR count). The fraction of sp³-hybridized carbons (Fsp3) is 0.231. The van der Waals surface area contributed by atoms with Gasteiger partial charge in [-0.3, -0.25) is 0 Å². The highest BCUT2D eigenvalue weighted by Gasteiger charge is 2.53. The van der Waals surface area contributed by atoms with Gasteiger partial charge >= 0.3 is 11.9 Å². The molecule has 2 heterocycles. The molecule has 0 bridgehead atoms. The van der Waals surface area contributed by atoms with E-state index in [0.29, 0.717) is 45.3 Å². The first-order chi connectivity index (χ1) is 17.3. The average molecular weight is 487 g/mol. The lowest BCUT2D eigenvalue weighted by Crippen LogP contribution is -2.33. The van der Waals surface area contributed by atoms with Crippen LogP contribution in [0.15, 0.2) is 65.8 Å². The van der Waals surface area contributed by atoms with E-state index in [0.717, 1.165) is 0 Å². The number of carbonyl (C=O) groups excluding carboxylic acids is 2. The second-order valence-electron chi connectivity index (χ2n) is 8.64. The molecule has 2 aliphatic heterocycles. The van der Waals surface area contributed by atoms with E-state index >= 15 is 0 Å². The Bertz CT molecular complexity index is 1450. The molecule has 2 aliphatic rings. The highest BCUT2D eigenvalue weighted by atomic mass is 16.6. The Kier molecular flexibility index (Phi) is 5.45. The van der Waals surface area contributed by atoms with Crippen LogP contribution >= 0.6 is 0 Å². The molecule has 0 aliphatic carbocycles. The van der Waals surface area contributed by atoms with Crippen LogP contribution < -0.4 is 14.2 Å². The maximum atomic E-state index is 13.0. The van der Waals surface area contributed by atoms with Crippen LogP contribution in [0, 0.1) is 0 Å². The number of azide groups is 1. The van der Waals surface area contributed by atoms with Crippen molar-refractivity contribution in [1.82, 2.24) is 0 Å². The normalized spacial score (nSPS) is 17.0. The fourth-order valence-electron chi connectivity index (χ4n) is 4.41. The van der Waals surface area contributed by atoms with Gasteiger partial charge in [-0.1, -0.05) is 18.2 Å².